The van der Waals surface area contributed by atoms with Crippen molar-refractivity contribution >= 4 is 23.5 Å². The highest BCUT2D eigenvalue weighted by Crippen LogP contribution is 2.28. The molecule has 0 aliphatic heterocycles. The molecule has 0 aromatic carbocycles. The molecule has 92 valence electrons. The molecular weight excluding hydrogens is 238 g/mol. The van der Waals surface area contributed by atoms with Gasteiger partial charge >= 0.3 is 0 Å². The van der Waals surface area contributed by atoms with E-state index in [1.165, 1.54) is 6.20 Å². The molecule has 1 fully saturated rings. The fraction of sp³-hybridized carbons (Fsp3) is 0.583. The zero-order valence-corrected chi connectivity index (χ0v) is 10.6. The summed E-state index contributed by atoms with van der Waals surface area (Å²) < 4.78 is 0. The van der Waals surface area contributed by atoms with Crippen LogP contribution >= 0.6 is 11.6 Å². The number of nitrogens with zero attached hydrogens (tertiary/aromatic N) is 2. The van der Waals surface area contributed by atoms with E-state index >= 15 is 0 Å². The van der Waals surface area contributed by atoms with Crippen LogP contribution in [0.2, 0.25) is 5.15 Å². The van der Waals surface area contributed by atoms with Crippen molar-refractivity contribution in [2.75, 3.05) is 5.32 Å². The smallest absolute Gasteiger partial charge is 0.230 e. The summed E-state index contributed by atoms with van der Waals surface area (Å²) in [6, 6.07) is 1.58. The Morgan fingerprint density at radius 3 is 2.76 bits per heavy atom. The van der Waals surface area contributed by atoms with Gasteiger partial charge in [0.25, 0.3) is 0 Å². The second-order valence-electron chi connectivity index (χ2n) is 4.65. The molecule has 0 radical (unpaired) electrons. The Labute approximate surface area is 106 Å². The number of carbonyl (C=O) groups excluding carboxylic acids is 1. The predicted molar refractivity (Wildman–Crippen MR) is 66.8 cm³/mol. The number of carbonyl (C=O) groups is 1. The third kappa shape index (κ3) is 3.40. The topological polar surface area (TPSA) is 54.9 Å². The first-order chi connectivity index (χ1) is 8.15. The molecule has 1 aliphatic carbocycles. The standard InChI is InChI=1S/C12H16ClN3O/c1-8-2-4-9(5-3-8)11(17)16-12-14-7-6-10(13)15-12/h6-9H,2-5H2,1H3,(H,14,15,16,17). The zero-order valence-electron chi connectivity index (χ0n) is 9.82. The molecular formula is C12H16ClN3O. The first-order valence-corrected chi connectivity index (χ1v) is 6.32. The minimum atomic E-state index is 0.0131. The number of amides is 1. The van der Waals surface area contributed by atoms with Gasteiger partial charge in [-0.25, -0.2) is 9.97 Å². The molecule has 0 spiro atoms. The van der Waals surface area contributed by atoms with Crippen LogP contribution in [0.4, 0.5) is 5.95 Å². The van der Waals surface area contributed by atoms with Crippen LogP contribution in [0.5, 0.6) is 0 Å². The highest BCUT2D eigenvalue weighted by Gasteiger charge is 2.24. The summed E-state index contributed by atoms with van der Waals surface area (Å²) in [6.07, 6.45) is 5.68. The molecule has 1 saturated carbocycles. The lowest BCUT2D eigenvalue weighted by Crippen LogP contribution is -2.27. The molecule has 1 heterocycles. The van der Waals surface area contributed by atoms with Crippen molar-refractivity contribution in [2.45, 2.75) is 32.6 Å². The largest absolute Gasteiger partial charge is 0.294 e. The van der Waals surface area contributed by atoms with Crippen LogP contribution in [0.1, 0.15) is 32.6 Å². The van der Waals surface area contributed by atoms with Gasteiger partial charge in [0, 0.05) is 12.1 Å². The summed E-state index contributed by atoms with van der Waals surface area (Å²) in [5, 5.41) is 3.06. The number of halogens is 1. The van der Waals surface area contributed by atoms with Crippen molar-refractivity contribution in [3.63, 3.8) is 0 Å². The second-order valence-corrected chi connectivity index (χ2v) is 5.04. The van der Waals surface area contributed by atoms with Gasteiger partial charge in [0.2, 0.25) is 11.9 Å². The molecule has 0 saturated heterocycles. The Hall–Kier alpha value is -1.16. The fourth-order valence-electron chi connectivity index (χ4n) is 2.13. The van der Waals surface area contributed by atoms with E-state index in [0.29, 0.717) is 11.1 Å². The Kier molecular flexibility index (Phi) is 3.94. The van der Waals surface area contributed by atoms with E-state index in [2.05, 4.69) is 22.2 Å². The molecule has 17 heavy (non-hydrogen) atoms. The van der Waals surface area contributed by atoms with E-state index in [9.17, 15) is 4.79 Å². The number of hydrogen-bond acceptors (Lipinski definition) is 3. The molecule has 0 bridgehead atoms. The normalized spacial score (nSPS) is 24.4. The van der Waals surface area contributed by atoms with E-state index in [1.807, 2.05) is 0 Å². The van der Waals surface area contributed by atoms with Crippen LogP contribution in [0.15, 0.2) is 12.3 Å². The van der Waals surface area contributed by atoms with Crippen molar-refractivity contribution in [2.24, 2.45) is 11.8 Å². The van der Waals surface area contributed by atoms with Gasteiger partial charge in [-0.05, 0) is 37.7 Å². The summed E-state index contributed by atoms with van der Waals surface area (Å²) in [5.74, 6) is 1.13. The van der Waals surface area contributed by atoms with Crippen LogP contribution in [0, 0.1) is 11.8 Å². The van der Waals surface area contributed by atoms with Gasteiger partial charge in [-0.2, -0.15) is 0 Å². The van der Waals surface area contributed by atoms with Crippen molar-refractivity contribution in [3.05, 3.63) is 17.4 Å². The molecule has 1 aromatic heterocycles. The second kappa shape index (κ2) is 5.45. The molecule has 5 heteroatoms. The van der Waals surface area contributed by atoms with E-state index < -0.39 is 0 Å². The van der Waals surface area contributed by atoms with Gasteiger partial charge < -0.3 is 0 Å². The fourth-order valence-corrected chi connectivity index (χ4v) is 2.27. The minimum absolute atomic E-state index is 0.0131. The van der Waals surface area contributed by atoms with Crippen molar-refractivity contribution in [1.82, 2.24) is 9.97 Å². The third-order valence-corrected chi connectivity index (χ3v) is 3.45. The highest BCUT2D eigenvalue weighted by molar-refractivity contribution is 6.29. The SMILES string of the molecule is CC1CCC(C(=O)Nc2nccc(Cl)n2)CC1. The number of rotatable bonds is 2. The number of nitrogens with one attached hydrogen (secondary N) is 1. The van der Waals surface area contributed by atoms with Crippen molar-refractivity contribution < 1.29 is 4.79 Å². The number of hydrogen-bond donors (Lipinski definition) is 1. The molecule has 1 aliphatic rings. The Bertz CT molecular complexity index is 402. The summed E-state index contributed by atoms with van der Waals surface area (Å²) >= 11 is 5.73. The summed E-state index contributed by atoms with van der Waals surface area (Å²) in [4.78, 5) is 19.9. The Balaban J connectivity index is 1.93. The molecule has 0 atom stereocenters. The monoisotopic (exact) mass is 253 g/mol. The molecule has 2 rings (SSSR count). The molecule has 1 aromatic rings. The number of anilines is 1. The number of aromatic nitrogens is 2. The molecule has 1 amide bonds. The van der Waals surface area contributed by atoms with Gasteiger partial charge in [-0.1, -0.05) is 18.5 Å². The Morgan fingerprint density at radius 2 is 2.12 bits per heavy atom. The van der Waals surface area contributed by atoms with Gasteiger partial charge in [0.05, 0.1) is 0 Å². The summed E-state index contributed by atoms with van der Waals surface area (Å²) in [7, 11) is 0. The van der Waals surface area contributed by atoms with Gasteiger partial charge in [-0.3, -0.25) is 10.1 Å². The quantitative estimate of drug-likeness (QED) is 0.825. The lowest BCUT2D eigenvalue weighted by Gasteiger charge is -2.24. The Morgan fingerprint density at radius 1 is 1.41 bits per heavy atom. The van der Waals surface area contributed by atoms with E-state index in [-0.39, 0.29) is 11.8 Å². The summed E-state index contributed by atoms with van der Waals surface area (Å²) in [6.45, 7) is 2.23. The first kappa shape index (κ1) is 12.3. The predicted octanol–water partition coefficient (Wildman–Crippen LogP) is 2.89. The van der Waals surface area contributed by atoms with Crippen LogP contribution in [0.25, 0.3) is 0 Å². The highest BCUT2D eigenvalue weighted by atomic mass is 35.5. The first-order valence-electron chi connectivity index (χ1n) is 5.94. The van der Waals surface area contributed by atoms with E-state index in [1.54, 1.807) is 6.07 Å². The van der Waals surface area contributed by atoms with Gasteiger partial charge in [-0.15, -0.1) is 0 Å². The maximum atomic E-state index is 12.0. The van der Waals surface area contributed by atoms with Crippen molar-refractivity contribution in [3.8, 4) is 0 Å². The maximum Gasteiger partial charge on any atom is 0.230 e. The summed E-state index contributed by atoms with van der Waals surface area (Å²) in [5.41, 5.74) is 0. The maximum absolute atomic E-state index is 12.0. The molecule has 0 unspecified atom stereocenters. The van der Waals surface area contributed by atoms with E-state index in [4.69, 9.17) is 11.6 Å². The molecule has 4 nitrogen and oxygen atoms in total. The lowest BCUT2D eigenvalue weighted by atomic mass is 9.82. The molecule has 1 N–H and O–H groups in total. The van der Waals surface area contributed by atoms with Crippen LogP contribution < -0.4 is 5.32 Å². The van der Waals surface area contributed by atoms with Crippen LogP contribution in [-0.4, -0.2) is 15.9 Å². The van der Waals surface area contributed by atoms with E-state index in [0.717, 1.165) is 31.6 Å². The zero-order chi connectivity index (χ0) is 12.3. The van der Waals surface area contributed by atoms with Crippen LogP contribution in [-0.2, 0) is 4.79 Å². The van der Waals surface area contributed by atoms with Crippen molar-refractivity contribution in [1.29, 1.82) is 0 Å². The van der Waals surface area contributed by atoms with Crippen LogP contribution in [0.3, 0.4) is 0 Å². The third-order valence-electron chi connectivity index (χ3n) is 3.24. The van der Waals surface area contributed by atoms with Gasteiger partial charge in [0.15, 0.2) is 0 Å². The lowest BCUT2D eigenvalue weighted by molar-refractivity contribution is -0.121. The minimum Gasteiger partial charge on any atom is -0.294 e. The average Bonchev–Trinajstić information content (AvgIpc) is 2.29. The van der Waals surface area contributed by atoms with Gasteiger partial charge in [0.1, 0.15) is 5.15 Å². The average molecular weight is 254 g/mol.